The van der Waals surface area contributed by atoms with Crippen LogP contribution in [-0.4, -0.2) is 34.8 Å². The molecule has 0 saturated heterocycles. The number of nitrogens with zero attached hydrogens (tertiary/aromatic N) is 1. The van der Waals surface area contributed by atoms with Gasteiger partial charge in [0.1, 0.15) is 0 Å². The molecule has 1 aromatic carbocycles. The Bertz CT molecular complexity index is 711. The van der Waals surface area contributed by atoms with Crippen LogP contribution in [0.3, 0.4) is 0 Å². The maximum atomic E-state index is 12.0. The molecule has 1 heterocycles. The third-order valence-electron chi connectivity index (χ3n) is 4.54. The number of halogens is 2. The zero-order valence-electron chi connectivity index (χ0n) is 14.3. The molecule has 2 rings (SSSR count). The molecule has 0 saturated carbocycles. The predicted octanol–water partition coefficient (Wildman–Crippen LogP) is 5.80. The lowest BCUT2D eigenvalue weighted by Gasteiger charge is -2.37. The number of rotatable bonds is 5. The molecule has 0 radical (unpaired) electrons. The fourth-order valence-electron chi connectivity index (χ4n) is 3.48. The van der Waals surface area contributed by atoms with E-state index in [1.54, 1.807) is 13.0 Å². The highest BCUT2D eigenvalue weighted by Crippen LogP contribution is 2.53. The Morgan fingerprint density at radius 3 is 2.42 bits per heavy atom. The number of carbonyl (C=O) groups is 1. The molecule has 1 aromatic rings. The van der Waals surface area contributed by atoms with Crippen molar-refractivity contribution < 1.29 is 9.90 Å². The quantitative estimate of drug-likeness (QED) is 0.650. The van der Waals surface area contributed by atoms with Gasteiger partial charge in [0, 0.05) is 23.0 Å². The molecule has 1 aliphatic rings. The first-order chi connectivity index (χ1) is 11.3. The van der Waals surface area contributed by atoms with Crippen molar-refractivity contribution in [1.29, 1.82) is 0 Å². The van der Waals surface area contributed by atoms with E-state index in [9.17, 15) is 9.90 Å². The van der Waals surface area contributed by atoms with Gasteiger partial charge in [-0.25, -0.2) is 4.79 Å². The topological polar surface area (TPSA) is 49.7 Å². The van der Waals surface area contributed by atoms with Crippen LogP contribution in [0.2, 0.25) is 10.0 Å². The van der Waals surface area contributed by atoms with Gasteiger partial charge in [-0.3, -0.25) is 4.99 Å². The number of carboxylic acid groups (broad SMARTS) is 1. The van der Waals surface area contributed by atoms with Gasteiger partial charge in [-0.1, -0.05) is 57.1 Å². The van der Waals surface area contributed by atoms with Gasteiger partial charge in [0.15, 0.2) is 0 Å². The van der Waals surface area contributed by atoms with Crippen molar-refractivity contribution in [2.24, 2.45) is 4.99 Å². The smallest absolute Gasteiger partial charge is 0.334 e. The largest absolute Gasteiger partial charge is 0.478 e. The van der Waals surface area contributed by atoms with Crippen LogP contribution >= 0.6 is 31.1 Å². The summed E-state index contributed by atoms with van der Waals surface area (Å²) >= 11 is 12.7. The van der Waals surface area contributed by atoms with E-state index in [1.165, 1.54) is 0 Å². The molecule has 130 valence electrons. The summed E-state index contributed by atoms with van der Waals surface area (Å²) in [6.45, 7) is 8.07. The van der Waals surface area contributed by atoms with Gasteiger partial charge in [-0.05, 0) is 37.8 Å². The Morgan fingerprint density at radius 2 is 1.88 bits per heavy atom. The molecule has 0 aliphatic carbocycles. The molecule has 0 spiro atoms. The van der Waals surface area contributed by atoms with Gasteiger partial charge < -0.3 is 5.11 Å². The lowest BCUT2D eigenvalue weighted by molar-refractivity contribution is -0.133. The Labute approximate surface area is 154 Å². The fourth-order valence-corrected chi connectivity index (χ4v) is 6.46. The van der Waals surface area contributed by atoms with Crippen LogP contribution in [0.4, 0.5) is 0 Å². The summed E-state index contributed by atoms with van der Waals surface area (Å²) in [7, 11) is -0.399. The van der Waals surface area contributed by atoms with E-state index in [-0.39, 0.29) is 11.6 Å². The van der Waals surface area contributed by atoms with Gasteiger partial charge in [0.2, 0.25) is 0 Å². The molecule has 0 bridgehead atoms. The van der Waals surface area contributed by atoms with Crippen LogP contribution in [0, 0.1) is 0 Å². The highest BCUT2D eigenvalue weighted by molar-refractivity contribution is 7.59. The fraction of sp³-hybridized carbons (Fsp3) is 0.444. The van der Waals surface area contributed by atoms with Crippen molar-refractivity contribution in [2.45, 2.75) is 39.3 Å². The number of aliphatic imine (C=N–C) groups is 1. The zero-order chi connectivity index (χ0) is 18.0. The molecule has 0 fully saturated rings. The second kappa shape index (κ2) is 7.99. The molecule has 3 nitrogen and oxygen atoms in total. The van der Waals surface area contributed by atoms with E-state index >= 15 is 0 Å². The van der Waals surface area contributed by atoms with E-state index in [0.717, 1.165) is 23.6 Å². The van der Waals surface area contributed by atoms with E-state index in [4.69, 9.17) is 23.2 Å². The second-order valence-electron chi connectivity index (χ2n) is 5.84. The van der Waals surface area contributed by atoms with Crippen LogP contribution in [0.25, 0.3) is 0 Å². The van der Waals surface area contributed by atoms with Crippen molar-refractivity contribution in [1.82, 2.24) is 0 Å². The average molecular weight is 386 g/mol. The summed E-state index contributed by atoms with van der Waals surface area (Å²) in [5.41, 5.74) is 2.74. The lowest BCUT2D eigenvalue weighted by Crippen LogP contribution is -2.33. The zero-order valence-corrected chi connectivity index (χ0v) is 16.7. The third-order valence-corrected chi connectivity index (χ3v) is 8.46. The number of allylic oxidation sites excluding steroid dienone is 1. The monoisotopic (exact) mass is 385 g/mol. The Hall–Kier alpha value is -0.890. The van der Waals surface area contributed by atoms with Crippen molar-refractivity contribution in [3.8, 4) is 0 Å². The van der Waals surface area contributed by atoms with Crippen LogP contribution < -0.4 is 0 Å². The van der Waals surface area contributed by atoms with Gasteiger partial charge in [-0.15, -0.1) is 0 Å². The van der Waals surface area contributed by atoms with Crippen LogP contribution in [0.15, 0.2) is 34.5 Å². The Kier molecular flexibility index (Phi) is 6.47. The number of hydrogen-bond acceptors (Lipinski definition) is 2. The minimum atomic E-state index is -0.933. The van der Waals surface area contributed by atoms with E-state index in [1.807, 2.05) is 19.1 Å². The number of hydrogen-bond donors (Lipinski definition) is 1. The molecule has 24 heavy (non-hydrogen) atoms. The van der Waals surface area contributed by atoms with E-state index < -0.39 is 13.9 Å². The van der Waals surface area contributed by atoms with Gasteiger partial charge in [-0.2, -0.15) is 0 Å². The number of benzene rings is 1. The maximum absolute atomic E-state index is 12.0. The SMILES string of the molecule is CCP(CC)C1C(C)=NC(C)=C(C(=O)O)C1c1cccc(Cl)c1Cl. The standard InChI is InChI=1S/C18H22Cl2NO2P/c1-5-24(6-2)17-11(4)21-10(3)14(18(22)23)15(17)12-8-7-9-13(19)16(12)20/h7-9,15,17H,5-6H2,1-4H3,(H,22,23). The minimum absolute atomic E-state index is 0.0702. The maximum Gasteiger partial charge on any atom is 0.334 e. The van der Waals surface area contributed by atoms with E-state index in [0.29, 0.717) is 21.3 Å². The van der Waals surface area contributed by atoms with Gasteiger partial charge >= 0.3 is 5.97 Å². The summed E-state index contributed by atoms with van der Waals surface area (Å²) in [4.78, 5) is 16.6. The number of aliphatic carboxylic acids is 1. The molecule has 1 N–H and O–H groups in total. The second-order valence-corrected chi connectivity index (χ2v) is 9.63. The van der Waals surface area contributed by atoms with E-state index in [2.05, 4.69) is 18.8 Å². The predicted molar refractivity (Wildman–Crippen MR) is 104 cm³/mol. The molecule has 1 aliphatic heterocycles. The summed E-state index contributed by atoms with van der Waals surface area (Å²) in [6.07, 6.45) is 2.04. The molecule has 2 unspecified atom stereocenters. The normalized spacial score (nSPS) is 21.2. The summed E-state index contributed by atoms with van der Waals surface area (Å²) < 4.78 is 0. The number of carboxylic acids is 1. The minimum Gasteiger partial charge on any atom is -0.478 e. The van der Waals surface area contributed by atoms with Gasteiger partial charge in [0.05, 0.1) is 15.6 Å². The van der Waals surface area contributed by atoms with Crippen LogP contribution in [0.5, 0.6) is 0 Å². The van der Waals surface area contributed by atoms with Crippen molar-refractivity contribution in [3.63, 3.8) is 0 Å². The highest BCUT2D eigenvalue weighted by Gasteiger charge is 2.40. The van der Waals surface area contributed by atoms with Crippen molar-refractivity contribution >= 4 is 42.8 Å². The first-order valence-corrected chi connectivity index (χ1v) is 10.5. The van der Waals surface area contributed by atoms with Crippen molar-refractivity contribution in [3.05, 3.63) is 45.1 Å². The lowest BCUT2D eigenvalue weighted by atomic mass is 9.83. The summed E-state index contributed by atoms with van der Waals surface area (Å²) in [6, 6.07) is 5.45. The third kappa shape index (κ3) is 3.54. The first-order valence-electron chi connectivity index (χ1n) is 8.00. The van der Waals surface area contributed by atoms with Crippen LogP contribution in [0.1, 0.15) is 39.2 Å². The summed E-state index contributed by atoms with van der Waals surface area (Å²) in [5.74, 6) is -1.24. The first kappa shape index (κ1) is 19.4. The molecule has 6 heteroatoms. The van der Waals surface area contributed by atoms with Crippen LogP contribution in [-0.2, 0) is 4.79 Å². The summed E-state index contributed by atoms with van der Waals surface area (Å²) in [5, 5.41) is 10.7. The molecular formula is C18H22Cl2NO2P. The molecule has 2 atom stereocenters. The Balaban J connectivity index is 2.73. The van der Waals surface area contributed by atoms with Gasteiger partial charge in [0.25, 0.3) is 0 Å². The molecular weight excluding hydrogens is 364 g/mol. The van der Waals surface area contributed by atoms with Crippen molar-refractivity contribution in [2.75, 3.05) is 12.3 Å². The Morgan fingerprint density at radius 1 is 1.25 bits per heavy atom. The highest BCUT2D eigenvalue weighted by atomic mass is 35.5. The molecule has 0 amide bonds. The molecule has 0 aromatic heterocycles. The average Bonchev–Trinajstić information content (AvgIpc) is 2.52.